The van der Waals surface area contributed by atoms with Crippen LogP contribution < -0.4 is 4.74 Å². The van der Waals surface area contributed by atoms with Crippen molar-refractivity contribution >= 4 is 43.4 Å². The molecule has 0 N–H and O–H groups in total. The molecule has 0 unspecified atom stereocenters. The van der Waals surface area contributed by atoms with Crippen LogP contribution in [-0.2, 0) is 16.4 Å². The molecule has 0 aliphatic heterocycles. The Bertz CT molecular complexity index is 1180. The van der Waals surface area contributed by atoms with Crippen LogP contribution in [0, 0.1) is 11.3 Å². The zero-order valence-electron chi connectivity index (χ0n) is 15.0. The Morgan fingerprint density at radius 2 is 1.76 bits per heavy atom. The zero-order chi connectivity index (χ0) is 20.9. The van der Waals surface area contributed by atoms with Gasteiger partial charge < -0.3 is 4.74 Å². The topological polar surface area (TPSA) is 67.2 Å². The molecule has 0 spiro atoms. The summed E-state index contributed by atoms with van der Waals surface area (Å²) < 4.78 is 32.2. The molecule has 0 bridgehead atoms. The van der Waals surface area contributed by atoms with Gasteiger partial charge in [0.1, 0.15) is 23.3 Å². The molecule has 0 heterocycles. The smallest absolute Gasteiger partial charge is 0.216 e. The van der Waals surface area contributed by atoms with Gasteiger partial charge in [-0.15, -0.1) is 0 Å². The molecule has 3 aromatic carbocycles. The predicted octanol–water partition coefficient (Wildman–Crippen LogP) is 6.02. The van der Waals surface area contributed by atoms with Gasteiger partial charge in [0.15, 0.2) is 0 Å². The van der Waals surface area contributed by atoms with E-state index in [-0.39, 0.29) is 9.80 Å². The largest absolute Gasteiger partial charge is 0.489 e. The summed E-state index contributed by atoms with van der Waals surface area (Å²) in [5.74, 6) is 0.572. The normalized spacial score (nSPS) is 11.7. The molecule has 0 amide bonds. The number of sulfone groups is 1. The lowest BCUT2D eigenvalue weighted by Crippen LogP contribution is -2.03. The van der Waals surface area contributed by atoms with Gasteiger partial charge in [-0.3, -0.25) is 0 Å². The molecule has 3 aromatic rings. The standard InChI is InChI=1S/C22H15BrClNO3S/c23-18-6-4-16(5-7-18)15-28-20-3-1-2-17(12-20)13-22(14-25)29(26,27)21-10-8-19(24)9-11-21/h1-13H,15H2. The maximum absolute atomic E-state index is 12.7. The van der Waals surface area contributed by atoms with Crippen molar-refractivity contribution in [1.29, 1.82) is 5.26 Å². The van der Waals surface area contributed by atoms with Crippen LogP contribution in [0.4, 0.5) is 0 Å². The van der Waals surface area contributed by atoms with Gasteiger partial charge in [-0.1, -0.05) is 51.8 Å². The monoisotopic (exact) mass is 487 g/mol. The highest BCUT2D eigenvalue weighted by Crippen LogP contribution is 2.24. The third-order valence-electron chi connectivity index (χ3n) is 4.00. The quantitative estimate of drug-likeness (QED) is 0.398. The minimum Gasteiger partial charge on any atom is -0.489 e. The highest BCUT2D eigenvalue weighted by atomic mass is 79.9. The number of nitriles is 1. The van der Waals surface area contributed by atoms with Gasteiger partial charge in [0.05, 0.1) is 4.90 Å². The Morgan fingerprint density at radius 3 is 2.41 bits per heavy atom. The van der Waals surface area contributed by atoms with Crippen LogP contribution in [0.3, 0.4) is 0 Å². The molecule has 29 heavy (non-hydrogen) atoms. The van der Waals surface area contributed by atoms with Gasteiger partial charge in [0.2, 0.25) is 9.84 Å². The van der Waals surface area contributed by atoms with Crippen molar-refractivity contribution in [2.45, 2.75) is 11.5 Å². The van der Waals surface area contributed by atoms with E-state index >= 15 is 0 Å². The first-order valence-corrected chi connectivity index (χ1v) is 11.1. The van der Waals surface area contributed by atoms with Crippen molar-refractivity contribution < 1.29 is 13.2 Å². The Morgan fingerprint density at radius 1 is 1.07 bits per heavy atom. The molecule has 0 saturated heterocycles. The second-order valence-corrected chi connectivity index (χ2v) is 9.34. The molecule has 0 aliphatic carbocycles. The van der Waals surface area contributed by atoms with Crippen molar-refractivity contribution in [2.75, 3.05) is 0 Å². The third-order valence-corrected chi connectivity index (χ3v) is 6.46. The summed E-state index contributed by atoms with van der Waals surface area (Å²) in [6.45, 7) is 0.370. The lowest BCUT2D eigenvalue weighted by Gasteiger charge is -2.08. The number of hydrogen-bond acceptors (Lipinski definition) is 4. The van der Waals surface area contributed by atoms with Crippen molar-refractivity contribution in [3.05, 3.63) is 98.3 Å². The first-order chi connectivity index (χ1) is 13.9. The Balaban J connectivity index is 1.82. The Hall–Kier alpha value is -2.59. The van der Waals surface area contributed by atoms with E-state index in [0.29, 0.717) is 22.9 Å². The van der Waals surface area contributed by atoms with E-state index in [4.69, 9.17) is 16.3 Å². The Kier molecular flexibility index (Phi) is 6.75. The molecule has 0 atom stereocenters. The SMILES string of the molecule is N#CC(=Cc1cccc(OCc2ccc(Br)cc2)c1)S(=O)(=O)c1ccc(Cl)cc1. The van der Waals surface area contributed by atoms with Crippen LogP contribution >= 0.6 is 27.5 Å². The molecule has 0 fully saturated rings. The van der Waals surface area contributed by atoms with Crippen LogP contribution in [-0.4, -0.2) is 8.42 Å². The molecule has 3 rings (SSSR count). The maximum Gasteiger partial charge on any atom is 0.216 e. The molecule has 4 nitrogen and oxygen atoms in total. The summed E-state index contributed by atoms with van der Waals surface area (Å²) >= 11 is 9.20. The van der Waals surface area contributed by atoms with E-state index in [1.807, 2.05) is 24.3 Å². The zero-order valence-corrected chi connectivity index (χ0v) is 18.2. The van der Waals surface area contributed by atoms with E-state index in [1.165, 1.54) is 30.3 Å². The van der Waals surface area contributed by atoms with E-state index in [1.54, 1.807) is 30.3 Å². The number of nitrogens with zero attached hydrogens (tertiary/aromatic N) is 1. The van der Waals surface area contributed by atoms with Crippen LogP contribution in [0.2, 0.25) is 5.02 Å². The lowest BCUT2D eigenvalue weighted by atomic mass is 10.2. The van der Waals surface area contributed by atoms with Crippen LogP contribution in [0.5, 0.6) is 5.75 Å². The highest BCUT2D eigenvalue weighted by Gasteiger charge is 2.20. The van der Waals surface area contributed by atoms with Crippen molar-refractivity contribution in [1.82, 2.24) is 0 Å². The van der Waals surface area contributed by atoms with Gasteiger partial charge in [0, 0.05) is 9.50 Å². The molecule has 0 radical (unpaired) electrons. The summed E-state index contributed by atoms with van der Waals surface area (Å²) in [4.78, 5) is -0.345. The van der Waals surface area contributed by atoms with Gasteiger partial charge >= 0.3 is 0 Å². The molecule has 0 saturated carbocycles. The van der Waals surface area contributed by atoms with Crippen LogP contribution in [0.1, 0.15) is 11.1 Å². The number of benzene rings is 3. The van der Waals surface area contributed by atoms with Crippen molar-refractivity contribution in [3.8, 4) is 11.8 Å². The summed E-state index contributed by atoms with van der Waals surface area (Å²) in [6, 6.07) is 22.1. The minimum atomic E-state index is -3.94. The first kappa shape index (κ1) is 21.1. The predicted molar refractivity (Wildman–Crippen MR) is 117 cm³/mol. The highest BCUT2D eigenvalue weighted by molar-refractivity contribution is 9.10. The van der Waals surface area contributed by atoms with Gasteiger partial charge in [-0.25, -0.2) is 8.42 Å². The van der Waals surface area contributed by atoms with E-state index in [2.05, 4.69) is 15.9 Å². The van der Waals surface area contributed by atoms with E-state index < -0.39 is 9.84 Å². The molecular weight excluding hydrogens is 474 g/mol. The summed E-state index contributed by atoms with van der Waals surface area (Å²) in [6.07, 6.45) is 1.33. The fourth-order valence-corrected chi connectivity index (χ4v) is 4.05. The van der Waals surface area contributed by atoms with E-state index in [9.17, 15) is 13.7 Å². The minimum absolute atomic E-state index is 0.0114. The number of halogens is 2. The van der Waals surface area contributed by atoms with Gasteiger partial charge in [0.25, 0.3) is 0 Å². The first-order valence-electron chi connectivity index (χ1n) is 8.48. The molecule has 146 valence electrons. The van der Waals surface area contributed by atoms with Gasteiger partial charge in [-0.05, 0) is 65.7 Å². The van der Waals surface area contributed by atoms with Crippen molar-refractivity contribution in [2.24, 2.45) is 0 Å². The van der Waals surface area contributed by atoms with Gasteiger partial charge in [-0.2, -0.15) is 5.26 Å². The number of ether oxygens (including phenoxy) is 1. The summed E-state index contributed by atoms with van der Waals surface area (Å²) in [7, 11) is -3.94. The van der Waals surface area contributed by atoms with Crippen LogP contribution in [0.25, 0.3) is 6.08 Å². The number of allylic oxidation sites excluding steroid dienone is 1. The fraction of sp³-hybridized carbons (Fsp3) is 0.0455. The van der Waals surface area contributed by atoms with Crippen molar-refractivity contribution in [3.63, 3.8) is 0 Å². The summed E-state index contributed by atoms with van der Waals surface area (Å²) in [5.41, 5.74) is 1.55. The maximum atomic E-state index is 12.7. The third kappa shape index (κ3) is 5.48. The lowest BCUT2D eigenvalue weighted by molar-refractivity contribution is 0.306. The molecular formula is C22H15BrClNO3S. The fourth-order valence-electron chi connectivity index (χ4n) is 2.50. The average Bonchev–Trinajstić information content (AvgIpc) is 2.72. The number of hydrogen-bond donors (Lipinski definition) is 0. The molecule has 0 aliphatic rings. The molecule has 7 heteroatoms. The molecule has 0 aromatic heterocycles. The second-order valence-electron chi connectivity index (χ2n) is 6.07. The summed E-state index contributed by atoms with van der Waals surface area (Å²) in [5, 5.41) is 9.84. The van der Waals surface area contributed by atoms with Crippen LogP contribution in [0.15, 0.2) is 87.1 Å². The number of rotatable bonds is 6. The average molecular weight is 489 g/mol. The van der Waals surface area contributed by atoms with E-state index in [0.717, 1.165) is 10.0 Å². The Labute approximate surface area is 183 Å². The second kappa shape index (κ2) is 9.27.